The number of carbonyl (C=O) groups excluding carboxylic acids is 2. The van der Waals surface area contributed by atoms with Crippen LogP contribution in [-0.4, -0.2) is 32.8 Å². The molecule has 0 radical (unpaired) electrons. The minimum atomic E-state index is -1.75. The fourth-order valence-corrected chi connectivity index (χ4v) is 2.28. The van der Waals surface area contributed by atoms with E-state index in [1.807, 2.05) is 0 Å². The maximum Gasteiger partial charge on any atom is 0.103 e. The summed E-state index contributed by atoms with van der Waals surface area (Å²) < 4.78 is 0. The standard InChI is InChI=1S/C14H12N2O8/c17-13(18)7-3-1-5-9(15(21)22)11(7)12-8(14(19)20)4-2-6-10(12)16(23)24/h1-6,21-24H,(H,17,18)(H,19,20)/p-2. The van der Waals surface area contributed by atoms with E-state index >= 15 is 0 Å². The Morgan fingerprint density at radius 1 is 0.708 bits per heavy atom. The molecule has 0 aromatic heterocycles. The number of nitrogens with zero attached hydrogens (tertiary/aromatic N) is 2. The summed E-state index contributed by atoms with van der Waals surface area (Å²) in [6, 6.07) is 6.48. The maximum absolute atomic E-state index is 11.3. The topological polar surface area (TPSA) is 168 Å². The fourth-order valence-electron chi connectivity index (χ4n) is 2.28. The Morgan fingerprint density at radius 3 is 1.29 bits per heavy atom. The van der Waals surface area contributed by atoms with Crippen molar-refractivity contribution in [3.05, 3.63) is 47.5 Å². The van der Waals surface area contributed by atoms with Gasteiger partial charge >= 0.3 is 0 Å². The molecule has 0 aliphatic heterocycles. The van der Waals surface area contributed by atoms with E-state index in [0.29, 0.717) is 0 Å². The van der Waals surface area contributed by atoms with E-state index in [0.717, 1.165) is 36.4 Å². The quantitative estimate of drug-likeness (QED) is 0.510. The highest BCUT2D eigenvalue weighted by Gasteiger charge is 2.23. The van der Waals surface area contributed by atoms with E-state index < -0.39 is 56.0 Å². The van der Waals surface area contributed by atoms with Crippen LogP contribution in [0.15, 0.2) is 36.4 Å². The summed E-state index contributed by atoms with van der Waals surface area (Å²) in [5.41, 5.74) is -3.34. The number of carbonyl (C=O) groups is 2. The lowest BCUT2D eigenvalue weighted by Crippen LogP contribution is -2.27. The Hall–Kier alpha value is -3.18. The summed E-state index contributed by atoms with van der Waals surface area (Å²) in [5, 5.41) is 59.0. The van der Waals surface area contributed by atoms with Crippen LogP contribution in [0, 0.1) is 0 Å². The van der Waals surface area contributed by atoms with Crippen molar-refractivity contribution >= 4 is 23.3 Å². The van der Waals surface area contributed by atoms with Gasteiger partial charge in [0.2, 0.25) is 0 Å². The van der Waals surface area contributed by atoms with E-state index in [2.05, 4.69) is 0 Å². The second-order valence-electron chi connectivity index (χ2n) is 4.55. The second-order valence-corrected chi connectivity index (χ2v) is 4.55. The number of aromatic carboxylic acids is 2. The molecule has 10 heteroatoms. The van der Waals surface area contributed by atoms with E-state index in [-0.39, 0.29) is 0 Å². The van der Waals surface area contributed by atoms with Crippen LogP contribution >= 0.6 is 0 Å². The lowest BCUT2D eigenvalue weighted by Gasteiger charge is -2.24. The van der Waals surface area contributed by atoms with Gasteiger partial charge in [-0.25, -0.2) is 0 Å². The van der Waals surface area contributed by atoms with Gasteiger partial charge < -0.3 is 19.8 Å². The molecular weight excluding hydrogens is 324 g/mol. The zero-order valence-electron chi connectivity index (χ0n) is 11.8. The molecule has 0 spiro atoms. The molecule has 2 rings (SSSR count). The van der Waals surface area contributed by atoms with Gasteiger partial charge in [0.25, 0.3) is 0 Å². The van der Waals surface area contributed by atoms with E-state index in [4.69, 9.17) is 0 Å². The molecule has 0 saturated carbocycles. The first-order chi connectivity index (χ1) is 11.3. The highest BCUT2D eigenvalue weighted by Crippen LogP contribution is 2.40. The Labute approximate surface area is 134 Å². The summed E-state index contributed by atoms with van der Waals surface area (Å²) in [6.07, 6.45) is 0. The average molecular weight is 334 g/mol. The highest BCUT2D eigenvalue weighted by molar-refractivity contribution is 6.07. The van der Waals surface area contributed by atoms with Crippen molar-refractivity contribution in [2.45, 2.75) is 0 Å². The summed E-state index contributed by atoms with van der Waals surface area (Å²) in [7, 11) is 0. The molecule has 2 aromatic rings. The number of rotatable bonds is 5. The predicted octanol–water partition coefficient (Wildman–Crippen LogP) is -0.750. The van der Waals surface area contributed by atoms with Gasteiger partial charge in [-0.2, -0.15) is 0 Å². The van der Waals surface area contributed by atoms with Gasteiger partial charge in [-0.15, -0.1) is 10.5 Å². The molecule has 0 bridgehead atoms. The van der Waals surface area contributed by atoms with Crippen molar-refractivity contribution in [1.82, 2.24) is 0 Å². The Kier molecular flexibility index (Phi) is 4.66. The van der Waals surface area contributed by atoms with Crippen LogP contribution in [-0.2, 0) is 0 Å². The Morgan fingerprint density at radius 2 is 1.04 bits per heavy atom. The van der Waals surface area contributed by atoms with E-state index in [1.54, 1.807) is 0 Å². The fraction of sp³-hybridized carbons (Fsp3) is 0. The predicted molar refractivity (Wildman–Crippen MR) is 72.6 cm³/mol. The van der Waals surface area contributed by atoms with Crippen molar-refractivity contribution < 1.29 is 40.6 Å². The monoisotopic (exact) mass is 334 g/mol. The molecule has 126 valence electrons. The Bertz CT molecular complexity index is 736. The largest absolute Gasteiger partial charge is 0.545 e. The van der Waals surface area contributed by atoms with Crippen molar-refractivity contribution in [3.63, 3.8) is 0 Å². The number of anilines is 2. The van der Waals surface area contributed by atoms with E-state index in [1.165, 1.54) is 0 Å². The third-order valence-electron chi connectivity index (χ3n) is 3.21. The number of benzene rings is 2. The SMILES string of the molecule is O=C([O-])c1cccc(N(O)O)c1-c1c(C(=O)[O-])cccc1N(O)O. The first-order valence-corrected chi connectivity index (χ1v) is 6.30. The molecular formula is C14H10N2O8-2. The summed E-state index contributed by atoms with van der Waals surface area (Å²) in [5.74, 6) is -3.51. The van der Waals surface area contributed by atoms with Gasteiger partial charge in [0.15, 0.2) is 0 Å². The summed E-state index contributed by atoms with van der Waals surface area (Å²) in [6.45, 7) is 0. The van der Waals surface area contributed by atoms with Gasteiger partial charge in [0.1, 0.15) is 11.4 Å². The van der Waals surface area contributed by atoms with Crippen LogP contribution in [0.1, 0.15) is 20.7 Å². The number of carboxylic acid groups (broad SMARTS) is 2. The third kappa shape index (κ3) is 2.98. The molecule has 0 unspecified atom stereocenters. The molecule has 0 aliphatic carbocycles. The van der Waals surface area contributed by atoms with Crippen molar-refractivity contribution in [2.24, 2.45) is 0 Å². The Balaban J connectivity index is 3.00. The zero-order chi connectivity index (χ0) is 18.0. The molecule has 0 aliphatic rings. The van der Waals surface area contributed by atoms with Crippen LogP contribution in [0.5, 0.6) is 0 Å². The number of hydrogen-bond donors (Lipinski definition) is 4. The molecule has 0 heterocycles. The lowest BCUT2D eigenvalue weighted by molar-refractivity contribution is -0.256. The van der Waals surface area contributed by atoms with E-state index in [9.17, 15) is 40.6 Å². The lowest BCUT2D eigenvalue weighted by atomic mass is 9.92. The molecule has 4 N–H and O–H groups in total. The van der Waals surface area contributed by atoms with Crippen molar-refractivity contribution in [3.8, 4) is 11.1 Å². The normalized spacial score (nSPS) is 10.3. The van der Waals surface area contributed by atoms with Crippen LogP contribution < -0.4 is 20.7 Å². The molecule has 10 nitrogen and oxygen atoms in total. The minimum absolute atomic E-state index is 0.434. The molecule has 24 heavy (non-hydrogen) atoms. The van der Waals surface area contributed by atoms with Crippen LogP contribution in [0.25, 0.3) is 11.1 Å². The van der Waals surface area contributed by atoms with Crippen LogP contribution in [0.2, 0.25) is 0 Å². The smallest absolute Gasteiger partial charge is 0.103 e. The maximum atomic E-state index is 11.3. The second kappa shape index (κ2) is 6.52. The molecule has 0 atom stereocenters. The zero-order valence-corrected chi connectivity index (χ0v) is 11.8. The van der Waals surface area contributed by atoms with Crippen molar-refractivity contribution in [1.29, 1.82) is 0 Å². The first kappa shape index (κ1) is 17.2. The molecule has 0 saturated heterocycles. The van der Waals surface area contributed by atoms with Gasteiger partial charge in [-0.3, -0.25) is 20.8 Å². The van der Waals surface area contributed by atoms with Gasteiger partial charge in [-0.05, 0) is 12.1 Å². The van der Waals surface area contributed by atoms with Crippen LogP contribution in [0.3, 0.4) is 0 Å². The molecule has 0 fully saturated rings. The first-order valence-electron chi connectivity index (χ1n) is 6.30. The molecule has 0 amide bonds. The molecule has 2 aromatic carbocycles. The highest BCUT2D eigenvalue weighted by atomic mass is 16.8. The van der Waals surface area contributed by atoms with Gasteiger partial charge in [0.05, 0.1) is 11.9 Å². The average Bonchev–Trinajstić information content (AvgIpc) is 2.52. The summed E-state index contributed by atoms with van der Waals surface area (Å²) >= 11 is 0. The number of hydrogen-bond acceptors (Lipinski definition) is 10. The van der Waals surface area contributed by atoms with Crippen molar-refractivity contribution in [2.75, 3.05) is 10.5 Å². The van der Waals surface area contributed by atoms with Crippen LogP contribution in [0.4, 0.5) is 11.4 Å². The minimum Gasteiger partial charge on any atom is -0.545 e. The van der Waals surface area contributed by atoms with Gasteiger partial charge in [0, 0.05) is 22.3 Å². The van der Waals surface area contributed by atoms with Gasteiger partial charge in [-0.1, -0.05) is 24.3 Å². The third-order valence-corrected chi connectivity index (χ3v) is 3.21. The summed E-state index contributed by atoms with van der Waals surface area (Å²) in [4.78, 5) is 22.7. The number of carboxylic acids is 2.